The number of methoxy groups -OCH3 is 1. The molecule has 86 valence electrons. The summed E-state index contributed by atoms with van der Waals surface area (Å²) in [7, 11) is 1.68. The van der Waals surface area contributed by atoms with Crippen molar-refractivity contribution in [2.75, 3.05) is 13.7 Å². The molecule has 0 aliphatic heterocycles. The number of aryl methyl sites for hydroxylation is 1. The van der Waals surface area contributed by atoms with Crippen LogP contribution in [0.1, 0.15) is 43.9 Å². The minimum absolute atomic E-state index is 0.126. The van der Waals surface area contributed by atoms with Crippen molar-refractivity contribution in [2.24, 2.45) is 5.73 Å². The van der Waals surface area contributed by atoms with Crippen LogP contribution in [0.5, 0.6) is 0 Å². The Labute approximate surface area is 90.0 Å². The molecule has 0 spiro atoms. The minimum Gasteiger partial charge on any atom is -0.385 e. The number of nitrogens with two attached hydrogens (primary N) is 1. The third-order valence-corrected chi connectivity index (χ3v) is 2.15. The number of aromatic nitrogens is 2. The van der Waals surface area contributed by atoms with Crippen LogP contribution in [0.25, 0.3) is 0 Å². The van der Waals surface area contributed by atoms with Crippen molar-refractivity contribution in [1.29, 1.82) is 0 Å². The van der Waals surface area contributed by atoms with Gasteiger partial charge in [0.05, 0.1) is 6.04 Å². The molecule has 1 aromatic rings. The number of hydrogen-bond donors (Lipinski definition) is 1. The molecule has 0 saturated carbocycles. The van der Waals surface area contributed by atoms with E-state index in [2.05, 4.69) is 17.1 Å². The molecule has 1 unspecified atom stereocenters. The molecule has 0 saturated heterocycles. The van der Waals surface area contributed by atoms with Crippen LogP contribution < -0.4 is 5.73 Å². The van der Waals surface area contributed by atoms with Crippen molar-refractivity contribution in [1.82, 2.24) is 10.1 Å². The maximum absolute atomic E-state index is 5.85. The van der Waals surface area contributed by atoms with E-state index in [0.717, 1.165) is 25.7 Å². The van der Waals surface area contributed by atoms with Crippen molar-refractivity contribution in [3.8, 4) is 0 Å². The fourth-order valence-corrected chi connectivity index (χ4v) is 1.33. The molecule has 0 aliphatic rings. The molecule has 0 amide bonds. The second-order valence-electron chi connectivity index (χ2n) is 3.54. The van der Waals surface area contributed by atoms with E-state index < -0.39 is 0 Å². The minimum atomic E-state index is -0.126. The molecule has 1 aromatic heterocycles. The topological polar surface area (TPSA) is 74.2 Å². The van der Waals surface area contributed by atoms with Crippen LogP contribution in [0.4, 0.5) is 0 Å². The molecule has 0 bridgehead atoms. The van der Waals surface area contributed by atoms with Gasteiger partial charge in [-0.05, 0) is 12.8 Å². The summed E-state index contributed by atoms with van der Waals surface area (Å²) in [6, 6.07) is -0.126. The van der Waals surface area contributed by atoms with E-state index in [0.29, 0.717) is 18.3 Å². The first-order valence-electron chi connectivity index (χ1n) is 5.35. The van der Waals surface area contributed by atoms with Crippen LogP contribution in [-0.2, 0) is 11.2 Å². The Balaban J connectivity index is 2.41. The lowest BCUT2D eigenvalue weighted by Crippen LogP contribution is -2.10. The molecule has 2 N–H and O–H groups in total. The smallest absolute Gasteiger partial charge is 0.243 e. The molecule has 5 heteroatoms. The Kier molecular flexibility index (Phi) is 5.28. The Morgan fingerprint density at radius 2 is 2.33 bits per heavy atom. The summed E-state index contributed by atoms with van der Waals surface area (Å²) in [5.41, 5.74) is 5.85. The first-order valence-corrected chi connectivity index (χ1v) is 5.35. The average molecular weight is 213 g/mol. The second kappa shape index (κ2) is 6.53. The number of rotatable bonds is 7. The van der Waals surface area contributed by atoms with E-state index in [1.54, 1.807) is 7.11 Å². The Morgan fingerprint density at radius 1 is 1.53 bits per heavy atom. The molecular weight excluding hydrogens is 194 g/mol. The van der Waals surface area contributed by atoms with E-state index in [-0.39, 0.29) is 6.04 Å². The summed E-state index contributed by atoms with van der Waals surface area (Å²) in [6.07, 6.45) is 3.57. The lowest BCUT2D eigenvalue weighted by Gasteiger charge is -2.02. The number of ether oxygens (including phenoxy) is 1. The molecule has 0 radical (unpaired) electrons. The van der Waals surface area contributed by atoms with Gasteiger partial charge in [-0.15, -0.1) is 0 Å². The van der Waals surface area contributed by atoms with Crippen molar-refractivity contribution in [2.45, 2.75) is 38.6 Å². The quantitative estimate of drug-likeness (QED) is 0.694. The summed E-state index contributed by atoms with van der Waals surface area (Å²) < 4.78 is 10.0. The van der Waals surface area contributed by atoms with E-state index in [4.69, 9.17) is 15.0 Å². The Hall–Kier alpha value is -0.940. The summed E-state index contributed by atoms with van der Waals surface area (Å²) in [6.45, 7) is 2.79. The first-order chi connectivity index (χ1) is 7.27. The van der Waals surface area contributed by atoms with E-state index in [1.807, 2.05) is 0 Å². The molecule has 1 heterocycles. The van der Waals surface area contributed by atoms with Gasteiger partial charge < -0.3 is 15.0 Å². The predicted octanol–water partition coefficient (Wildman–Crippen LogP) is 1.45. The lowest BCUT2D eigenvalue weighted by atomic mass is 10.2. The van der Waals surface area contributed by atoms with Crippen molar-refractivity contribution in [3.05, 3.63) is 11.7 Å². The number of hydrogen-bond acceptors (Lipinski definition) is 5. The Bertz CT molecular complexity index is 275. The van der Waals surface area contributed by atoms with Crippen LogP contribution in [0.3, 0.4) is 0 Å². The average Bonchev–Trinajstić information content (AvgIpc) is 2.67. The zero-order valence-electron chi connectivity index (χ0n) is 9.40. The van der Waals surface area contributed by atoms with Gasteiger partial charge in [0.2, 0.25) is 5.89 Å². The fraction of sp³-hybridized carbons (Fsp3) is 0.800. The highest BCUT2D eigenvalue weighted by Crippen LogP contribution is 2.13. The number of nitrogens with zero attached hydrogens (tertiary/aromatic N) is 2. The zero-order valence-corrected chi connectivity index (χ0v) is 9.40. The molecule has 1 rings (SSSR count). The Morgan fingerprint density at radius 3 is 3.00 bits per heavy atom. The summed E-state index contributed by atoms with van der Waals surface area (Å²) in [5, 5.41) is 3.87. The molecular formula is C10H19N3O2. The van der Waals surface area contributed by atoms with Crippen molar-refractivity contribution in [3.63, 3.8) is 0 Å². The van der Waals surface area contributed by atoms with Crippen LogP contribution in [0, 0.1) is 0 Å². The van der Waals surface area contributed by atoms with Gasteiger partial charge in [0.1, 0.15) is 0 Å². The van der Waals surface area contributed by atoms with Gasteiger partial charge in [0, 0.05) is 20.1 Å². The van der Waals surface area contributed by atoms with Gasteiger partial charge in [-0.2, -0.15) is 4.98 Å². The van der Waals surface area contributed by atoms with Crippen LogP contribution >= 0.6 is 0 Å². The van der Waals surface area contributed by atoms with E-state index >= 15 is 0 Å². The van der Waals surface area contributed by atoms with Gasteiger partial charge >= 0.3 is 0 Å². The van der Waals surface area contributed by atoms with Crippen LogP contribution in [0.2, 0.25) is 0 Å². The molecule has 0 aliphatic carbocycles. The fourth-order valence-electron chi connectivity index (χ4n) is 1.33. The molecule has 5 nitrogen and oxygen atoms in total. The van der Waals surface area contributed by atoms with Crippen molar-refractivity contribution < 1.29 is 9.26 Å². The molecule has 0 aromatic carbocycles. The zero-order chi connectivity index (χ0) is 11.1. The first kappa shape index (κ1) is 12.1. The normalized spacial score (nSPS) is 13.0. The van der Waals surface area contributed by atoms with E-state index in [1.165, 1.54) is 0 Å². The van der Waals surface area contributed by atoms with E-state index in [9.17, 15) is 0 Å². The summed E-state index contributed by atoms with van der Waals surface area (Å²) in [5.74, 6) is 1.26. The predicted molar refractivity (Wildman–Crippen MR) is 56.3 cm³/mol. The highest BCUT2D eigenvalue weighted by molar-refractivity contribution is 4.91. The van der Waals surface area contributed by atoms with Crippen LogP contribution in [0.15, 0.2) is 4.52 Å². The highest BCUT2D eigenvalue weighted by atomic mass is 16.5. The largest absolute Gasteiger partial charge is 0.385 e. The maximum atomic E-state index is 5.85. The van der Waals surface area contributed by atoms with Crippen LogP contribution in [-0.4, -0.2) is 23.9 Å². The van der Waals surface area contributed by atoms with Gasteiger partial charge in [0.25, 0.3) is 0 Å². The van der Waals surface area contributed by atoms with Gasteiger partial charge in [-0.3, -0.25) is 0 Å². The highest BCUT2D eigenvalue weighted by Gasteiger charge is 2.13. The lowest BCUT2D eigenvalue weighted by molar-refractivity contribution is 0.194. The second-order valence-corrected chi connectivity index (χ2v) is 3.54. The van der Waals surface area contributed by atoms with Gasteiger partial charge in [-0.1, -0.05) is 18.5 Å². The SMILES string of the molecule is CCCC(N)c1nc(CCCOC)no1. The summed E-state index contributed by atoms with van der Waals surface area (Å²) in [4.78, 5) is 4.24. The maximum Gasteiger partial charge on any atom is 0.243 e. The molecule has 1 atom stereocenters. The van der Waals surface area contributed by atoms with Gasteiger partial charge in [-0.25, -0.2) is 0 Å². The van der Waals surface area contributed by atoms with Gasteiger partial charge in [0.15, 0.2) is 5.82 Å². The summed E-state index contributed by atoms with van der Waals surface area (Å²) >= 11 is 0. The molecule has 15 heavy (non-hydrogen) atoms. The standard InChI is InChI=1S/C10H19N3O2/c1-3-5-8(11)10-12-9(13-15-10)6-4-7-14-2/h8H,3-7,11H2,1-2H3. The molecule has 0 fully saturated rings. The van der Waals surface area contributed by atoms with Crippen molar-refractivity contribution >= 4 is 0 Å². The monoisotopic (exact) mass is 213 g/mol. The third kappa shape index (κ3) is 3.97. The third-order valence-electron chi connectivity index (χ3n) is 2.15.